The molecule has 1 atom stereocenters. The zero-order chi connectivity index (χ0) is 14.5. The third kappa shape index (κ3) is 3.17. The van der Waals surface area contributed by atoms with Crippen molar-refractivity contribution in [2.75, 3.05) is 7.11 Å². The summed E-state index contributed by atoms with van der Waals surface area (Å²) in [6, 6.07) is 8.18. The fourth-order valence-electron chi connectivity index (χ4n) is 2.51. The van der Waals surface area contributed by atoms with E-state index in [0.29, 0.717) is 0 Å². The second kappa shape index (κ2) is 6.53. The highest BCUT2D eigenvalue weighted by Crippen LogP contribution is 2.26. The molecule has 1 unspecified atom stereocenters. The molecule has 0 fully saturated rings. The molecule has 0 amide bonds. The maximum absolute atomic E-state index is 6.39. The molecule has 2 rings (SSSR count). The monoisotopic (exact) mass is 270 g/mol. The molecule has 0 saturated carbocycles. The van der Waals surface area contributed by atoms with Crippen LogP contribution >= 0.6 is 0 Å². The standard InChI is InChI=1S/C17H22N2O/c1-4-13-11-19-8-7-15(13)16(18)10-14-9-12(2)5-6-17(14)20-3/h5-9,11,16H,4,10,18H2,1-3H3. The van der Waals surface area contributed by atoms with Crippen LogP contribution < -0.4 is 10.5 Å². The first-order valence-corrected chi connectivity index (χ1v) is 6.97. The van der Waals surface area contributed by atoms with E-state index in [1.807, 2.05) is 24.5 Å². The average Bonchev–Trinajstić information content (AvgIpc) is 2.47. The molecule has 1 aromatic heterocycles. The molecule has 0 saturated heterocycles. The molecule has 0 aliphatic rings. The summed E-state index contributed by atoms with van der Waals surface area (Å²) in [5, 5.41) is 0. The van der Waals surface area contributed by atoms with E-state index in [-0.39, 0.29) is 6.04 Å². The van der Waals surface area contributed by atoms with Crippen molar-refractivity contribution in [1.82, 2.24) is 4.98 Å². The molecule has 1 aromatic carbocycles. The summed E-state index contributed by atoms with van der Waals surface area (Å²) < 4.78 is 5.43. The molecule has 0 aliphatic heterocycles. The van der Waals surface area contributed by atoms with Gasteiger partial charge in [-0.15, -0.1) is 0 Å². The van der Waals surface area contributed by atoms with Gasteiger partial charge in [-0.05, 0) is 48.6 Å². The molecule has 20 heavy (non-hydrogen) atoms. The summed E-state index contributed by atoms with van der Waals surface area (Å²) >= 11 is 0. The molecular formula is C17H22N2O. The molecule has 0 aliphatic carbocycles. The van der Waals surface area contributed by atoms with Gasteiger partial charge in [0.2, 0.25) is 0 Å². The number of pyridine rings is 1. The number of hydrogen-bond acceptors (Lipinski definition) is 3. The summed E-state index contributed by atoms with van der Waals surface area (Å²) in [4.78, 5) is 4.17. The summed E-state index contributed by atoms with van der Waals surface area (Å²) in [7, 11) is 1.70. The number of rotatable bonds is 5. The lowest BCUT2D eigenvalue weighted by atomic mass is 9.95. The van der Waals surface area contributed by atoms with Crippen LogP contribution in [0.5, 0.6) is 5.75 Å². The maximum atomic E-state index is 6.39. The molecule has 3 heteroatoms. The Hall–Kier alpha value is -1.87. The first-order chi connectivity index (χ1) is 9.65. The van der Waals surface area contributed by atoms with Gasteiger partial charge in [0.05, 0.1) is 7.11 Å². The number of aromatic nitrogens is 1. The topological polar surface area (TPSA) is 48.1 Å². The van der Waals surface area contributed by atoms with Gasteiger partial charge in [0.25, 0.3) is 0 Å². The van der Waals surface area contributed by atoms with Crippen LogP contribution in [0.2, 0.25) is 0 Å². The van der Waals surface area contributed by atoms with E-state index in [1.165, 1.54) is 16.7 Å². The normalized spacial score (nSPS) is 12.2. The van der Waals surface area contributed by atoms with E-state index in [2.05, 4.69) is 31.0 Å². The van der Waals surface area contributed by atoms with Crippen molar-refractivity contribution in [3.63, 3.8) is 0 Å². The number of aryl methyl sites for hydroxylation is 2. The van der Waals surface area contributed by atoms with Crippen LogP contribution in [0.25, 0.3) is 0 Å². The molecule has 106 valence electrons. The van der Waals surface area contributed by atoms with Crippen molar-refractivity contribution in [3.8, 4) is 5.75 Å². The minimum absolute atomic E-state index is 0.0383. The van der Waals surface area contributed by atoms with Crippen LogP contribution in [0.15, 0.2) is 36.7 Å². The number of benzene rings is 1. The van der Waals surface area contributed by atoms with Gasteiger partial charge in [-0.2, -0.15) is 0 Å². The van der Waals surface area contributed by atoms with Gasteiger partial charge in [0.1, 0.15) is 5.75 Å². The summed E-state index contributed by atoms with van der Waals surface area (Å²) in [6.07, 6.45) is 5.42. The summed E-state index contributed by atoms with van der Waals surface area (Å²) in [5.74, 6) is 0.901. The Labute approximate surface area is 120 Å². The fraction of sp³-hybridized carbons (Fsp3) is 0.353. The molecule has 3 nitrogen and oxygen atoms in total. The number of nitrogens with two attached hydrogens (primary N) is 1. The Morgan fingerprint density at radius 1 is 1.25 bits per heavy atom. The fourth-order valence-corrected chi connectivity index (χ4v) is 2.51. The van der Waals surface area contributed by atoms with E-state index < -0.39 is 0 Å². The van der Waals surface area contributed by atoms with Crippen molar-refractivity contribution >= 4 is 0 Å². The number of hydrogen-bond donors (Lipinski definition) is 1. The third-order valence-corrected chi connectivity index (χ3v) is 3.60. The highest BCUT2D eigenvalue weighted by molar-refractivity contribution is 5.39. The van der Waals surface area contributed by atoms with Gasteiger partial charge >= 0.3 is 0 Å². The predicted octanol–water partition coefficient (Wildman–Crippen LogP) is 3.20. The van der Waals surface area contributed by atoms with Gasteiger partial charge < -0.3 is 10.5 Å². The van der Waals surface area contributed by atoms with Crippen LogP contribution in [0.3, 0.4) is 0 Å². The van der Waals surface area contributed by atoms with Gasteiger partial charge in [-0.1, -0.05) is 24.6 Å². The highest BCUT2D eigenvalue weighted by atomic mass is 16.5. The Bertz CT molecular complexity index is 581. The van der Waals surface area contributed by atoms with E-state index in [9.17, 15) is 0 Å². The molecule has 0 bridgehead atoms. The second-order valence-electron chi connectivity index (χ2n) is 5.05. The van der Waals surface area contributed by atoms with Gasteiger partial charge in [-0.3, -0.25) is 4.98 Å². The average molecular weight is 270 g/mol. The second-order valence-corrected chi connectivity index (χ2v) is 5.05. The Balaban J connectivity index is 2.27. The van der Waals surface area contributed by atoms with Crippen molar-refractivity contribution in [2.45, 2.75) is 32.7 Å². The Kier molecular flexibility index (Phi) is 4.74. The zero-order valence-corrected chi connectivity index (χ0v) is 12.4. The number of ether oxygens (including phenoxy) is 1. The first kappa shape index (κ1) is 14.5. The minimum atomic E-state index is -0.0383. The smallest absolute Gasteiger partial charge is 0.122 e. The van der Waals surface area contributed by atoms with Crippen LogP contribution in [-0.4, -0.2) is 12.1 Å². The summed E-state index contributed by atoms with van der Waals surface area (Å²) in [5.41, 5.74) is 11.2. The van der Waals surface area contributed by atoms with Crippen molar-refractivity contribution in [1.29, 1.82) is 0 Å². The largest absolute Gasteiger partial charge is 0.496 e. The summed E-state index contributed by atoms with van der Waals surface area (Å²) in [6.45, 7) is 4.21. The quantitative estimate of drug-likeness (QED) is 0.907. The molecule has 1 heterocycles. The van der Waals surface area contributed by atoms with Crippen LogP contribution in [0.4, 0.5) is 0 Å². The zero-order valence-electron chi connectivity index (χ0n) is 12.4. The number of methoxy groups -OCH3 is 1. The lowest BCUT2D eigenvalue weighted by Gasteiger charge is -2.17. The molecule has 0 radical (unpaired) electrons. The Morgan fingerprint density at radius 3 is 2.75 bits per heavy atom. The van der Waals surface area contributed by atoms with Crippen LogP contribution in [0, 0.1) is 6.92 Å². The molecule has 0 spiro atoms. The molecule has 2 aromatic rings. The third-order valence-electron chi connectivity index (χ3n) is 3.60. The van der Waals surface area contributed by atoms with E-state index in [0.717, 1.165) is 24.2 Å². The van der Waals surface area contributed by atoms with Crippen molar-refractivity contribution in [2.24, 2.45) is 5.73 Å². The van der Waals surface area contributed by atoms with Crippen molar-refractivity contribution < 1.29 is 4.74 Å². The molecule has 2 N–H and O–H groups in total. The van der Waals surface area contributed by atoms with E-state index in [1.54, 1.807) is 7.11 Å². The van der Waals surface area contributed by atoms with E-state index in [4.69, 9.17) is 10.5 Å². The molecular weight excluding hydrogens is 248 g/mol. The maximum Gasteiger partial charge on any atom is 0.122 e. The van der Waals surface area contributed by atoms with E-state index >= 15 is 0 Å². The van der Waals surface area contributed by atoms with Crippen LogP contribution in [0.1, 0.15) is 35.2 Å². The predicted molar refractivity (Wildman–Crippen MR) is 82.0 cm³/mol. The minimum Gasteiger partial charge on any atom is -0.496 e. The van der Waals surface area contributed by atoms with Gasteiger partial charge in [0, 0.05) is 18.4 Å². The van der Waals surface area contributed by atoms with Crippen LogP contribution in [-0.2, 0) is 12.8 Å². The first-order valence-electron chi connectivity index (χ1n) is 6.97. The lowest BCUT2D eigenvalue weighted by molar-refractivity contribution is 0.408. The van der Waals surface area contributed by atoms with Gasteiger partial charge in [-0.25, -0.2) is 0 Å². The Morgan fingerprint density at radius 2 is 2.05 bits per heavy atom. The SMILES string of the molecule is CCc1cnccc1C(N)Cc1cc(C)ccc1OC. The highest BCUT2D eigenvalue weighted by Gasteiger charge is 2.13. The van der Waals surface area contributed by atoms with Crippen molar-refractivity contribution in [3.05, 3.63) is 58.9 Å². The number of nitrogens with zero attached hydrogens (tertiary/aromatic N) is 1. The lowest BCUT2D eigenvalue weighted by Crippen LogP contribution is -2.16. The van der Waals surface area contributed by atoms with Gasteiger partial charge in [0.15, 0.2) is 0 Å².